The van der Waals surface area contributed by atoms with Crippen molar-refractivity contribution < 1.29 is 9.13 Å². The van der Waals surface area contributed by atoms with E-state index in [4.69, 9.17) is 9.84 Å². The molecule has 0 saturated heterocycles. The second kappa shape index (κ2) is 11.9. The third-order valence-electron chi connectivity index (χ3n) is 6.73. The van der Waals surface area contributed by atoms with Crippen LogP contribution in [-0.4, -0.2) is 31.0 Å². The molecule has 41 heavy (non-hydrogen) atoms. The third kappa shape index (κ3) is 5.81. The lowest BCUT2D eigenvalue weighted by Crippen LogP contribution is -2.23. The predicted octanol–water partition coefficient (Wildman–Crippen LogP) is 6.32. The van der Waals surface area contributed by atoms with Gasteiger partial charge in [0.25, 0.3) is 5.56 Å². The molecule has 3 heterocycles. The van der Waals surface area contributed by atoms with Gasteiger partial charge < -0.3 is 4.74 Å². The van der Waals surface area contributed by atoms with Crippen molar-refractivity contribution in [1.29, 1.82) is 0 Å². The van der Waals surface area contributed by atoms with E-state index in [1.807, 2.05) is 60.8 Å². The molecular weight excluding hydrogens is 537 g/mol. The van der Waals surface area contributed by atoms with Crippen LogP contribution in [-0.2, 0) is 0 Å². The standard InChI is InChI=1S/C32H28FN5O2S/c1-2-3-4-8-19-40-27-17-13-23(14-18-27)30-34-32-38(36-30)31(39)28(41-32)20-24-21-37(26-9-6-5-7-10-26)35-29(24)22-11-15-25(33)16-12-22/h5-7,9-18,20-21H,2-4,8,19H2,1H3/b28-20-. The Balaban J connectivity index is 1.30. The first-order chi connectivity index (χ1) is 20.1. The molecule has 6 aromatic rings. The lowest BCUT2D eigenvalue weighted by Gasteiger charge is -2.06. The molecule has 7 nitrogen and oxygen atoms in total. The molecule has 206 valence electrons. The van der Waals surface area contributed by atoms with E-state index >= 15 is 0 Å². The van der Waals surface area contributed by atoms with Gasteiger partial charge in [-0.2, -0.15) is 14.6 Å². The van der Waals surface area contributed by atoms with Crippen LogP contribution in [0.15, 0.2) is 89.9 Å². The first kappa shape index (κ1) is 26.6. The van der Waals surface area contributed by atoms with Crippen LogP contribution in [0.5, 0.6) is 5.75 Å². The van der Waals surface area contributed by atoms with Gasteiger partial charge in [0, 0.05) is 22.9 Å². The molecule has 9 heteroatoms. The number of para-hydroxylation sites is 1. The van der Waals surface area contributed by atoms with Crippen molar-refractivity contribution >= 4 is 22.4 Å². The maximum Gasteiger partial charge on any atom is 0.291 e. The molecule has 0 aliphatic carbocycles. The summed E-state index contributed by atoms with van der Waals surface area (Å²) in [6, 6.07) is 23.5. The maximum atomic E-state index is 13.6. The van der Waals surface area contributed by atoms with Crippen molar-refractivity contribution in [2.75, 3.05) is 6.61 Å². The van der Waals surface area contributed by atoms with Gasteiger partial charge in [-0.1, -0.05) is 55.7 Å². The molecule has 0 unspecified atom stereocenters. The summed E-state index contributed by atoms with van der Waals surface area (Å²) < 4.78 is 23.0. The van der Waals surface area contributed by atoms with E-state index in [1.54, 1.807) is 22.9 Å². The monoisotopic (exact) mass is 565 g/mol. The molecule has 0 radical (unpaired) electrons. The normalized spacial score (nSPS) is 11.9. The highest BCUT2D eigenvalue weighted by Crippen LogP contribution is 2.25. The van der Waals surface area contributed by atoms with Gasteiger partial charge in [-0.15, -0.1) is 5.10 Å². The van der Waals surface area contributed by atoms with E-state index in [-0.39, 0.29) is 11.4 Å². The number of benzene rings is 3. The number of hydrogen-bond donors (Lipinski definition) is 0. The lowest BCUT2D eigenvalue weighted by molar-refractivity contribution is 0.305. The largest absolute Gasteiger partial charge is 0.494 e. The average Bonchev–Trinajstić information content (AvgIpc) is 3.69. The van der Waals surface area contributed by atoms with Crippen molar-refractivity contribution in [2.24, 2.45) is 0 Å². The molecule has 0 bridgehead atoms. The summed E-state index contributed by atoms with van der Waals surface area (Å²) in [5, 5.41) is 9.25. The Hall–Kier alpha value is -4.63. The zero-order valence-electron chi connectivity index (χ0n) is 22.5. The van der Waals surface area contributed by atoms with Gasteiger partial charge in [0.2, 0.25) is 4.96 Å². The van der Waals surface area contributed by atoms with Gasteiger partial charge in [-0.25, -0.2) is 9.07 Å². The summed E-state index contributed by atoms with van der Waals surface area (Å²) in [4.78, 5) is 18.5. The van der Waals surface area contributed by atoms with Gasteiger partial charge in [0.05, 0.1) is 16.8 Å². The summed E-state index contributed by atoms with van der Waals surface area (Å²) in [6.45, 7) is 2.89. The fourth-order valence-electron chi connectivity index (χ4n) is 4.55. The molecule has 0 spiro atoms. The van der Waals surface area contributed by atoms with Crippen LogP contribution in [0.2, 0.25) is 0 Å². The molecule has 0 aliphatic heterocycles. The minimum Gasteiger partial charge on any atom is -0.494 e. The van der Waals surface area contributed by atoms with Crippen molar-refractivity contribution in [2.45, 2.75) is 32.6 Å². The Morgan fingerprint density at radius 2 is 1.66 bits per heavy atom. The number of aromatic nitrogens is 5. The summed E-state index contributed by atoms with van der Waals surface area (Å²) in [6.07, 6.45) is 8.29. The van der Waals surface area contributed by atoms with Gasteiger partial charge in [0.15, 0.2) is 5.82 Å². The number of hydrogen-bond acceptors (Lipinski definition) is 6. The van der Waals surface area contributed by atoms with Gasteiger partial charge >= 0.3 is 0 Å². The van der Waals surface area contributed by atoms with Gasteiger partial charge in [-0.05, 0) is 73.2 Å². The summed E-state index contributed by atoms with van der Waals surface area (Å²) in [5.74, 6) is 0.966. The van der Waals surface area contributed by atoms with E-state index in [1.165, 1.54) is 47.2 Å². The number of fused-ring (bicyclic) bond motifs is 1. The third-order valence-corrected chi connectivity index (χ3v) is 7.69. The van der Waals surface area contributed by atoms with E-state index < -0.39 is 0 Å². The van der Waals surface area contributed by atoms with Crippen LogP contribution in [0.25, 0.3) is 39.4 Å². The highest BCUT2D eigenvalue weighted by molar-refractivity contribution is 7.15. The summed E-state index contributed by atoms with van der Waals surface area (Å²) >= 11 is 1.27. The molecule has 0 fully saturated rings. The Kier molecular flexibility index (Phi) is 7.69. The fraction of sp³-hybridized carbons (Fsp3) is 0.188. The lowest BCUT2D eigenvalue weighted by atomic mass is 10.1. The Labute approximate surface area is 240 Å². The molecule has 0 saturated carbocycles. The molecule has 0 aliphatic rings. The number of thiazole rings is 1. The summed E-state index contributed by atoms with van der Waals surface area (Å²) in [7, 11) is 0. The maximum absolute atomic E-state index is 13.6. The number of unbranched alkanes of at least 4 members (excludes halogenated alkanes) is 3. The SMILES string of the molecule is CCCCCCOc1ccc(-c2nc3s/c(=C\c4cn(-c5ccccc5)nc4-c4ccc(F)cc4)c(=O)n3n2)cc1. The van der Waals surface area contributed by atoms with Crippen LogP contribution in [0.3, 0.4) is 0 Å². The van der Waals surface area contributed by atoms with E-state index in [0.29, 0.717) is 27.6 Å². The van der Waals surface area contributed by atoms with Crippen molar-refractivity contribution in [1.82, 2.24) is 24.4 Å². The van der Waals surface area contributed by atoms with Crippen molar-refractivity contribution in [3.05, 3.63) is 111 Å². The van der Waals surface area contributed by atoms with Crippen LogP contribution >= 0.6 is 11.3 Å². The molecule has 0 amide bonds. The van der Waals surface area contributed by atoms with Crippen LogP contribution < -0.4 is 14.8 Å². The van der Waals surface area contributed by atoms with Gasteiger partial charge in [0.1, 0.15) is 17.3 Å². The molecular formula is C32H28FN5O2S. The zero-order valence-corrected chi connectivity index (χ0v) is 23.4. The first-order valence-corrected chi connectivity index (χ1v) is 14.5. The predicted molar refractivity (Wildman–Crippen MR) is 160 cm³/mol. The molecule has 0 atom stereocenters. The number of nitrogens with zero attached hydrogens (tertiary/aromatic N) is 5. The van der Waals surface area contributed by atoms with Crippen molar-refractivity contribution in [3.8, 4) is 34.1 Å². The van der Waals surface area contributed by atoms with Crippen LogP contribution in [0, 0.1) is 5.82 Å². The molecule has 3 aromatic heterocycles. The number of rotatable bonds is 10. The second-order valence-electron chi connectivity index (χ2n) is 9.70. The highest BCUT2D eigenvalue weighted by atomic mass is 32.1. The Morgan fingerprint density at radius 1 is 0.902 bits per heavy atom. The molecule has 3 aromatic carbocycles. The minimum absolute atomic E-state index is 0.256. The molecule has 6 rings (SSSR count). The Bertz CT molecular complexity index is 1880. The first-order valence-electron chi connectivity index (χ1n) is 13.6. The van der Waals surface area contributed by atoms with E-state index in [0.717, 1.165) is 34.5 Å². The van der Waals surface area contributed by atoms with Gasteiger partial charge in [-0.3, -0.25) is 4.79 Å². The number of halogens is 1. The fourth-order valence-corrected chi connectivity index (χ4v) is 5.45. The van der Waals surface area contributed by atoms with Crippen LogP contribution in [0.4, 0.5) is 4.39 Å². The minimum atomic E-state index is -0.324. The van der Waals surface area contributed by atoms with Crippen LogP contribution in [0.1, 0.15) is 38.2 Å². The average molecular weight is 566 g/mol. The second-order valence-corrected chi connectivity index (χ2v) is 10.7. The summed E-state index contributed by atoms with van der Waals surface area (Å²) in [5.41, 5.74) is 3.54. The number of ether oxygens (including phenoxy) is 1. The topological polar surface area (TPSA) is 74.3 Å². The molecule has 0 N–H and O–H groups in total. The zero-order chi connectivity index (χ0) is 28.2. The van der Waals surface area contributed by atoms with Crippen molar-refractivity contribution in [3.63, 3.8) is 0 Å². The quantitative estimate of drug-likeness (QED) is 0.182. The highest BCUT2D eigenvalue weighted by Gasteiger charge is 2.15. The smallest absolute Gasteiger partial charge is 0.291 e. The Morgan fingerprint density at radius 3 is 2.39 bits per heavy atom. The van der Waals surface area contributed by atoms with E-state index in [9.17, 15) is 9.18 Å². The van der Waals surface area contributed by atoms with E-state index in [2.05, 4.69) is 17.0 Å².